The molecule has 0 aliphatic carbocycles. The third-order valence-corrected chi connectivity index (χ3v) is 4.60. The molecule has 126 valence electrons. The van der Waals surface area contributed by atoms with Gasteiger partial charge in [-0.05, 0) is 38.8 Å². The van der Waals surface area contributed by atoms with Crippen molar-refractivity contribution in [3.8, 4) is 0 Å². The summed E-state index contributed by atoms with van der Waals surface area (Å²) < 4.78 is 6.17. The van der Waals surface area contributed by atoms with E-state index in [2.05, 4.69) is 14.9 Å². The van der Waals surface area contributed by atoms with Crippen LogP contribution in [0.25, 0.3) is 0 Å². The highest BCUT2D eigenvalue weighted by molar-refractivity contribution is 5.91. The topological polar surface area (TPSA) is 58.6 Å². The smallest absolute Gasteiger partial charge is 0.273 e. The second-order valence-corrected chi connectivity index (χ2v) is 6.76. The highest BCUT2D eigenvalue weighted by Crippen LogP contribution is 2.24. The highest BCUT2D eigenvalue weighted by Gasteiger charge is 2.28. The lowest BCUT2D eigenvalue weighted by atomic mass is 10.1. The van der Waals surface area contributed by atoms with Gasteiger partial charge in [0.2, 0.25) is 0 Å². The summed E-state index contributed by atoms with van der Waals surface area (Å²) in [5.41, 5.74) is 1.24. The van der Waals surface area contributed by atoms with Crippen molar-refractivity contribution in [2.24, 2.45) is 0 Å². The first-order valence-electron chi connectivity index (χ1n) is 8.52. The second kappa shape index (κ2) is 7.36. The Kier molecular flexibility index (Phi) is 5.23. The van der Waals surface area contributed by atoms with Gasteiger partial charge in [0.1, 0.15) is 5.69 Å². The fourth-order valence-corrected chi connectivity index (χ4v) is 3.39. The predicted octanol–water partition coefficient (Wildman–Crippen LogP) is 1.36. The Balaban J connectivity index is 1.53. The monoisotopic (exact) mass is 318 g/mol. The van der Waals surface area contributed by atoms with Crippen LogP contribution in [0.4, 0.5) is 0 Å². The quantitative estimate of drug-likeness (QED) is 0.820. The first kappa shape index (κ1) is 16.3. The first-order valence-corrected chi connectivity index (χ1v) is 8.52. The molecule has 0 radical (unpaired) electrons. The number of hydrogen-bond acceptors (Lipinski definition) is 5. The van der Waals surface area contributed by atoms with Crippen LogP contribution in [0, 0.1) is 0 Å². The molecule has 1 amide bonds. The van der Waals surface area contributed by atoms with Crippen molar-refractivity contribution < 1.29 is 9.53 Å². The lowest BCUT2D eigenvalue weighted by molar-refractivity contribution is 0.0270. The summed E-state index contributed by atoms with van der Waals surface area (Å²) in [6, 6.07) is 0. The van der Waals surface area contributed by atoms with Crippen LogP contribution in [0.5, 0.6) is 0 Å². The van der Waals surface area contributed by atoms with Crippen LogP contribution >= 0.6 is 0 Å². The molecule has 2 aliphatic heterocycles. The molecule has 1 aromatic heterocycles. The number of amides is 1. The van der Waals surface area contributed by atoms with Crippen molar-refractivity contribution in [1.29, 1.82) is 0 Å². The van der Waals surface area contributed by atoms with E-state index in [0.29, 0.717) is 11.8 Å². The Morgan fingerprint density at radius 3 is 2.74 bits per heavy atom. The Bertz CT molecular complexity index is 543. The zero-order valence-corrected chi connectivity index (χ0v) is 14.1. The summed E-state index contributed by atoms with van der Waals surface area (Å²) >= 11 is 0. The summed E-state index contributed by atoms with van der Waals surface area (Å²) in [7, 11) is 3.44. The molecular weight excluding hydrogens is 292 g/mol. The maximum atomic E-state index is 12.0. The molecule has 6 nitrogen and oxygen atoms in total. The number of carbonyl (C=O) groups is 1. The summed E-state index contributed by atoms with van der Waals surface area (Å²) in [5.74, 6) is -0.112. The molecule has 2 fully saturated rings. The molecule has 0 aromatic carbocycles. The van der Waals surface area contributed by atoms with Gasteiger partial charge in [-0.3, -0.25) is 9.78 Å². The Morgan fingerprint density at radius 1 is 1.26 bits per heavy atom. The van der Waals surface area contributed by atoms with Crippen LogP contribution < -0.4 is 0 Å². The molecule has 0 unspecified atom stereocenters. The lowest BCUT2D eigenvalue weighted by Gasteiger charge is -2.20. The number of ether oxygens (including phenoxy) is 1. The number of carbonyl (C=O) groups excluding carboxylic acids is 1. The zero-order valence-electron chi connectivity index (χ0n) is 14.1. The van der Waals surface area contributed by atoms with Crippen LogP contribution in [0.2, 0.25) is 0 Å². The van der Waals surface area contributed by atoms with Crippen molar-refractivity contribution in [2.45, 2.75) is 44.3 Å². The highest BCUT2D eigenvalue weighted by atomic mass is 16.5. The summed E-state index contributed by atoms with van der Waals surface area (Å²) in [5, 5.41) is 0. The molecule has 1 aromatic rings. The normalized spacial score (nSPS) is 25.0. The van der Waals surface area contributed by atoms with Gasteiger partial charge in [-0.15, -0.1) is 0 Å². The van der Waals surface area contributed by atoms with Crippen LogP contribution in [-0.4, -0.2) is 71.6 Å². The first-order chi connectivity index (χ1) is 11.1. The maximum Gasteiger partial charge on any atom is 0.273 e. The van der Waals surface area contributed by atoms with E-state index in [-0.39, 0.29) is 12.0 Å². The van der Waals surface area contributed by atoms with Gasteiger partial charge < -0.3 is 14.5 Å². The van der Waals surface area contributed by atoms with E-state index in [1.54, 1.807) is 20.3 Å². The van der Waals surface area contributed by atoms with Crippen molar-refractivity contribution >= 4 is 5.91 Å². The van der Waals surface area contributed by atoms with Crippen molar-refractivity contribution in [3.05, 3.63) is 23.8 Å². The number of aromatic nitrogens is 2. The molecule has 3 rings (SSSR count). The molecule has 0 N–H and O–H groups in total. The molecule has 2 atom stereocenters. The molecule has 0 spiro atoms. The van der Waals surface area contributed by atoms with E-state index in [1.165, 1.54) is 37.0 Å². The van der Waals surface area contributed by atoms with Crippen molar-refractivity contribution in [1.82, 2.24) is 19.8 Å². The summed E-state index contributed by atoms with van der Waals surface area (Å²) in [6.45, 7) is 3.48. The minimum atomic E-state index is -0.112. The lowest BCUT2D eigenvalue weighted by Crippen LogP contribution is -2.30. The fraction of sp³-hybridized carbons (Fsp3) is 0.706. The number of likely N-dealkylation sites (tertiary alicyclic amines) is 1. The fourth-order valence-electron chi connectivity index (χ4n) is 3.39. The molecule has 23 heavy (non-hydrogen) atoms. The van der Waals surface area contributed by atoms with Crippen molar-refractivity contribution in [3.63, 3.8) is 0 Å². The minimum absolute atomic E-state index is 0.112. The summed E-state index contributed by atoms with van der Waals surface area (Å²) in [6.07, 6.45) is 9.35. The van der Waals surface area contributed by atoms with Gasteiger partial charge in [-0.1, -0.05) is 0 Å². The molecular formula is C17H26N4O2. The van der Waals surface area contributed by atoms with Gasteiger partial charge in [-0.25, -0.2) is 4.98 Å². The van der Waals surface area contributed by atoms with Crippen LogP contribution in [0.1, 0.15) is 41.9 Å². The van der Waals surface area contributed by atoms with E-state index < -0.39 is 0 Å². The van der Waals surface area contributed by atoms with Crippen molar-refractivity contribution in [2.75, 3.05) is 33.7 Å². The molecule has 0 saturated carbocycles. The van der Waals surface area contributed by atoms with E-state index in [9.17, 15) is 4.79 Å². The third kappa shape index (κ3) is 4.26. The Morgan fingerprint density at radius 2 is 2.00 bits per heavy atom. The Hall–Kier alpha value is -1.53. The average Bonchev–Trinajstić information content (AvgIpc) is 3.19. The van der Waals surface area contributed by atoms with Crippen LogP contribution in [0.3, 0.4) is 0 Å². The van der Waals surface area contributed by atoms with E-state index in [4.69, 9.17) is 4.74 Å². The van der Waals surface area contributed by atoms with Gasteiger partial charge in [0.25, 0.3) is 5.91 Å². The SMILES string of the molecule is CN(C)C(=O)c1cncc(C[C@@H]2CC[C@H](CN3CCCC3)O2)n1. The van der Waals surface area contributed by atoms with E-state index in [1.807, 2.05) is 0 Å². The average molecular weight is 318 g/mol. The standard InChI is InChI=1S/C17H26N4O2/c1-20(2)17(22)16-11-18-10-13(19-16)9-14-5-6-15(23-14)12-21-7-3-4-8-21/h10-11,14-15H,3-9,12H2,1-2H3/t14-,15+/m0/s1. The number of hydrogen-bond donors (Lipinski definition) is 0. The predicted molar refractivity (Wildman–Crippen MR) is 87.3 cm³/mol. The minimum Gasteiger partial charge on any atom is -0.373 e. The molecule has 3 heterocycles. The molecule has 2 aliphatic rings. The number of rotatable bonds is 5. The van der Waals surface area contributed by atoms with Gasteiger partial charge in [-0.2, -0.15) is 0 Å². The summed E-state index contributed by atoms with van der Waals surface area (Å²) in [4.78, 5) is 24.6. The third-order valence-electron chi connectivity index (χ3n) is 4.60. The molecule has 6 heteroatoms. The van der Waals surface area contributed by atoms with Crippen LogP contribution in [0.15, 0.2) is 12.4 Å². The Labute approximate surface area is 137 Å². The van der Waals surface area contributed by atoms with Gasteiger partial charge in [0, 0.05) is 33.3 Å². The molecule has 2 saturated heterocycles. The second-order valence-electron chi connectivity index (χ2n) is 6.76. The van der Waals surface area contributed by atoms with Gasteiger partial charge in [0.05, 0.1) is 24.1 Å². The van der Waals surface area contributed by atoms with E-state index >= 15 is 0 Å². The zero-order chi connectivity index (χ0) is 16.2. The van der Waals surface area contributed by atoms with Gasteiger partial charge >= 0.3 is 0 Å². The largest absolute Gasteiger partial charge is 0.373 e. The van der Waals surface area contributed by atoms with E-state index in [0.717, 1.165) is 31.5 Å². The van der Waals surface area contributed by atoms with Gasteiger partial charge in [0.15, 0.2) is 0 Å². The van der Waals surface area contributed by atoms with Crippen LogP contribution in [-0.2, 0) is 11.2 Å². The maximum absolute atomic E-state index is 12.0. The molecule has 0 bridgehead atoms. The number of nitrogens with zero attached hydrogens (tertiary/aromatic N) is 4.